The first-order valence-electron chi connectivity index (χ1n) is 6.55. The summed E-state index contributed by atoms with van der Waals surface area (Å²) in [7, 11) is 0. The third-order valence-electron chi connectivity index (χ3n) is 3.29. The summed E-state index contributed by atoms with van der Waals surface area (Å²) in [6.07, 6.45) is 1.30. The van der Waals surface area contributed by atoms with Crippen molar-refractivity contribution in [1.82, 2.24) is 0 Å². The van der Waals surface area contributed by atoms with Crippen LogP contribution in [0.3, 0.4) is 0 Å². The van der Waals surface area contributed by atoms with Crippen molar-refractivity contribution >= 4 is 17.3 Å². The summed E-state index contributed by atoms with van der Waals surface area (Å²) in [6, 6.07) is 3.43. The zero-order chi connectivity index (χ0) is 13.8. The van der Waals surface area contributed by atoms with Gasteiger partial charge in [0, 0.05) is 13.2 Å². The molecular weight excluding hydrogens is 244 g/mol. The standard InChI is InChI=1S/C14H20N2O3/c1-3-18-14(17)11-4-5-12(15)13(9(11)2)16-8-10-6-7-19-10/h4-5,10,16H,3,6-8,15H2,1-2H3/t10-/m0/s1. The molecule has 1 atom stereocenters. The van der Waals surface area contributed by atoms with Crippen LogP contribution in [0.25, 0.3) is 0 Å². The summed E-state index contributed by atoms with van der Waals surface area (Å²) in [5, 5.41) is 3.26. The highest BCUT2D eigenvalue weighted by Gasteiger charge is 2.20. The molecule has 1 aromatic rings. The summed E-state index contributed by atoms with van der Waals surface area (Å²) in [5.74, 6) is -0.317. The van der Waals surface area contributed by atoms with Crippen LogP contribution in [0.1, 0.15) is 29.3 Å². The van der Waals surface area contributed by atoms with Gasteiger partial charge in [-0.25, -0.2) is 4.79 Å². The molecule has 1 fully saturated rings. The molecule has 3 N–H and O–H groups in total. The lowest BCUT2D eigenvalue weighted by Gasteiger charge is -2.27. The number of rotatable bonds is 5. The SMILES string of the molecule is CCOC(=O)c1ccc(N)c(NC[C@@H]2CCO2)c1C. The van der Waals surface area contributed by atoms with E-state index in [-0.39, 0.29) is 12.1 Å². The van der Waals surface area contributed by atoms with E-state index in [1.807, 2.05) is 6.92 Å². The molecular formula is C14H20N2O3. The second kappa shape index (κ2) is 5.93. The fourth-order valence-electron chi connectivity index (χ4n) is 2.06. The Morgan fingerprint density at radius 1 is 1.58 bits per heavy atom. The first-order valence-corrected chi connectivity index (χ1v) is 6.55. The quantitative estimate of drug-likeness (QED) is 0.628. The lowest BCUT2D eigenvalue weighted by atomic mass is 10.0. The number of nitrogen functional groups attached to an aromatic ring is 1. The molecule has 0 unspecified atom stereocenters. The fraction of sp³-hybridized carbons (Fsp3) is 0.500. The van der Waals surface area contributed by atoms with Crippen LogP contribution in [-0.4, -0.2) is 31.8 Å². The van der Waals surface area contributed by atoms with Crippen molar-refractivity contribution in [3.8, 4) is 0 Å². The van der Waals surface area contributed by atoms with Gasteiger partial charge in [-0.15, -0.1) is 0 Å². The van der Waals surface area contributed by atoms with Crippen LogP contribution in [0, 0.1) is 6.92 Å². The Labute approximate surface area is 113 Å². The lowest BCUT2D eigenvalue weighted by Crippen LogP contribution is -2.33. The highest BCUT2D eigenvalue weighted by Crippen LogP contribution is 2.27. The maximum Gasteiger partial charge on any atom is 0.338 e. The monoisotopic (exact) mass is 264 g/mol. The molecule has 0 radical (unpaired) electrons. The molecule has 0 aliphatic carbocycles. The molecule has 0 spiro atoms. The van der Waals surface area contributed by atoms with Crippen molar-refractivity contribution < 1.29 is 14.3 Å². The highest BCUT2D eigenvalue weighted by atomic mass is 16.5. The minimum atomic E-state index is -0.317. The second-order valence-electron chi connectivity index (χ2n) is 4.59. The van der Waals surface area contributed by atoms with E-state index in [1.165, 1.54) is 0 Å². The minimum Gasteiger partial charge on any atom is -0.462 e. The number of hydrogen-bond acceptors (Lipinski definition) is 5. The van der Waals surface area contributed by atoms with E-state index >= 15 is 0 Å². The van der Waals surface area contributed by atoms with E-state index < -0.39 is 0 Å². The van der Waals surface area contributed by atoms with Crippen molar-refractivity contribution in [2.45, 2.75) is 26.4 Å². The predicted octanol–water partition coefficient (Wildman–Crippen LogP) is 1.95. The van der Waals surface area contributed by atoms with Crippen molar-refractivity contribution in [1.29, 1.82) is 0 Å². The van der Waals surface area contributed by atoms with E-state index in [2.05, 4.69) is 5.32 Å². The van der Waals surface area contributed by atoms with Gasteiger partial charge in [0.2, 0.25) is 0 Å². The van der Waals surface area contributed by atoms with Crippen LogP contribution >= 0.6 is 0 Å². The van der Waals surface area contributed by atoms with Crippen LogP contribution in [0.5, 0.6) is 0 Å². The van der Waals surface area contributed by atoms with Gasteiger partial charge in [0.25, 0.3) is 0 Å². The van der Waals surface area contributed by atoms with Gasteiger partial charge in [0.1, 0.15) is 0 Å². The fourth-order valence-corrected chi connectivity index (χ4v) is 2.06. The zero-order valence-corrected chi connectivity index (χ0v) is 11.4. The number of benzene rings is 1. The number of nitrogens with two attached hydrogens (primary N) is 1. The molecule has 5 nitrogen and oxygen atoms in total. The first kappa shape index (κ1) is 13.7. The molecule has 1 aliphatic heterocycles. The van der Waals surface area contributed by atoms with Gasteiger partial charge < -0.3 is 20.5 Å². The molecule has 0 aromatic heterocycles. The summed E-state index contributed by atoms with van der Waals surface area (Å²) >= 11 is 0. The van der Waals surface area contributed by atoms with Crippen LogP contribution in [0.4, 0.5) is 11.4 Å². The molecule has 1 aromatic carbocycles. The van der Waals surface area contributed by atoms with Gasteiger partial charge >= 0.3 is 5.97 Å². The number of hydrogen-bond donors (Lipinski definition) is 2. The van der Waals surface area contributed by atoms with Crippen molar-refractivity contribution in [2.75, 3.05) is 30.8 Å². The molecule has 1 heterocycles. The molecule has 19 heavy (non-hydrogen) atoms. The molecule has 1 saturated heterocycles. The summed E-state index contributed by atoms with van der Waals surface area (Å²) in [6.45, 7) is 5.55. The number of nitrogens with one attached hydrogen (secondary N) is 1. The van der Waals surface area contributed by atoms with E-state index in [1.54, 1.807) is 19.1 Å². The predicted molar refractivity (Wildman–Crippen MR) is 74.4 cm³/mol. The van der Waals surface area contributed by atoms with Gasteiger partial charge in [-0.3, -0.25) is 0 Å². The minimum absolute atomic E-state index is 0.241. The zero-order valence-electron chi connectivity index (χ0n) is 11.4. The van der Waals surface area contributed by atoms with Crippen LogP contribution in [0.15, 0.2) is 12.1 Å². The average molecular weight is 264 g/mol. The summed E-state index contributed by atoms with van der Waals surface area (Å²) < 4.78 is 10.4. The molecule has 2 rings (SSSR count). The van der Waals surface area contributed by atoms with E-state index in [4.69, 9.17) is 15.2 Å². The Morgan fingerprint density at radius 2 is 2.32 bits per heavy atom. The van der Waals surface area contributed by atoms with Crippen molar-refractivity contribution in [2.24, 2.45) is 0 Å². The second-order valence-corrected chi connectivity index (χ2v) is 4.59. The van der Waals surface area contributed by atoms with Gasteiger partial charge in [0.15, 0.2) is 0 Å². The smallest absolute Gasteiger partial charge is 0.338 e. The van der Waals surface area contributed by atoms with Gasteiger partial charge in [-0.1, -0.05) is 0 Å². The summed E-state index contributed by atoms with van der Waals surface area (Å²) in [5.41, 5.74) is 8.74. The molecule has 0 bridgehead atoms. The van der Waals surface area contributed by atoms with Gasteiger partial charge in [-0.05, 0) is 38.0 Å². The number of ether oxygens (including phenoxy) is 2. The van der Waals surface area contributed by atoms with E-state index in [0.717, 1.165) is 24.3 Å². The number of carbonyl (C=O) groups is 1. The first-order chi connectivity index (χ1) is 9.13. The third kappa shape index (κ3) is 2.98. The Hall–Kier alpha value is -1.75. The van der Waals surface area contributed by atoms with E-state index in [9.17, 15) is 4.79 Å². The van der Waals surface area contributed by atoms with Crippen LogP contribution < -0.4 is 11.1 Å². The number of anilines is 2. The van der Waals surface area contributed by atoms with Crippen LogP contribution in [0.2, 0.25) is 0 Å². The van der Waals surface area contributed by atoms with E-state index in [0.29, 0.717) is 24.4 Å². The van der Waals surface area contributed by atoms with Gasteiger partial charge in [-0.2, -0.15) is 0 Å². The average Bonchev–Trinajstić information content (AvgIpc) is 2.31. The molecule has 5 heteroatoms. The van der Waals surface area contributed by atoms with Crippen LogP contribution in [-0.2, 0) is 9.47 Å². The normalized spacial score (nSPS) is 17.7. The third-order valence-corrected chi connectivity index (χ3v) is 3.29. The van der Waals surface area contributed by atoms with Crippen molar-refractivity contribution in [3.63, 3.8) is 0 Å². The Kier molecular flexibility index (Phi) is 4.27. The van der Waals surface area contributed by atoms with Gasteiger partial charge in [0.05, 0.1) is 29.6 Å². The number of carbonyl (C=O) groups excluding carboxylic acids is 1. The maximum absolute atomic E-state index is 11.8. The largest absolute Gasteiger partial charge is 0.462 e. The molecule has 1 aliphatic rings. The Balaban J connectivity index is 2.15. The molecule has 0 saturated carbocycles. The highest BCUT2D eigenvalue weighted by molar-refractivity contribution is 5.94. The Bertz CT molecular complexity index is 470. The summed E-state index contributed by atoms with van der Waals surface area (Å²) in [4.78, 5) is 11.8. The molecule has 104 valence electrons. The lowest BCUT2D eigenvalue weighted by molar-refractivity contribution is -0.0410. The molecule has 0 amide bonds. The maximum atomic E-state index is 11.8. The van der Waals surface area contributed by atoms with Crippen molar-refractivity contribution in [3.05, 3.63) is 23.3 Å². The topological polar surface area (TPSA) is 73.6 Å². The Morgan fingerprint density at radius 3 is 2.89 bits per heavy atom. The number of esters is 1.